The van der Waals surface area contributed by atoms with E-state index in [2.05, 4.69) is 45.3 Å². The lowest BCUT2D eigenvalue weighted by molar-refractivity contribution is -0.123. The normalized spacial score (nSPS) is 19.5. The van der Waals surface area contributed by atoms with Crippen LogP contribution in [0.15, 0.2) is 0 Å². The first-order valence-electron chi connectivity index (χ1n) is 8.28. The average Bonchev–Trinajstić information content (AvgIpc) is 2.36. The Kier molecular flexibility index (Phi) is 9.55. The van der Waals surface area contributed by atoms with Crippen LogP contribution in [-0.2, 0) is 4.79 Å². The Morgan fingerprint density at radius 3 is 2.33 bits per heavy atom. The van der Waals surface area contributed by atoms with Gasteiger partial charge in [0.25, 0.3) is 0 Å². The molecule has 4 heteroatoms. The van der Waals surface area contributed by atoms with Crippen LogP contribution in [0.5, 0.6) is 0 Å². The quantitative estimate of drug-likeness (QED) is 0.783. The van der Waals surface area contributed by atoms with Crippen LogP contribution in [0.4, 0.5) is 0 Å². The molecule has 0 aromatic carbocycles. The fraction of sp³-hybridized carbons (Fsp3) is 0.941. The predicted molar refractivity (Wildman–Crippen MR) is 92.9 cm³/mol. The number of amides is 1. The van der Waals surface area contributed by atoms with Gasteiger partial charge in [0.15, 0.2) is 0 Å². The predicted octanol–water partition coefficient (Wildman–Crippen LogP) is 3.77. The fourth-order valence-corrected chi connectivity index (χ4v) is 2.93. The van der Waals surface area contributed by atoms with Crippen LogP contribution >= 0.6 is 12.4 Å². The molecule has 0 spiro atoms. The van der Waals surface area contributed by atoms with Gasteiger partial charge in [0.05, 0.1) is 0 Å². The zero-order valence-corrected chi connectivity index (χ0v) is 15.3. The van der Waals surface area contributed by atoms with Gasteiger partial charge in [-0.25, -0.2) is 0 Å². The lowest BCUT2D eigenvalue weighted by atomic mass is 9.84. The van der Waals surface area contributed by atoms with Crippen molar-refractivity contribution in [1.29, 1.82) is 0 Å². The minimum Gasteiger partial charge on any atom is -0.354 e. The van der Waals surface area contributed by atoms with Gasteiger partial charge in [0.1, 0.15) is 0 Å². The lowest BCUT2D eigenvalue weighted by Gasteiger charge is -2.28. The van der Waals surface area contributed by atoms with Gasteiger partial charge in [0.2, 0.25) is 5.91 Å². The molecule has 0 aromatic heterocycles. The van der Waals surface area contributed by atoms with Crippen LogP contribution in [0.3, 0.4) is 0 Å². The van der Waals surface area contributed by atoms with Gasteiger partial charge in [-0.2, -0.15) is 0 Å². The summed E-state index contributed by atoms with van der Waals surface area (Å²) in [6, 6.07) is 0.293. The molecule has 1 amide bonds. The van der Waals surface area contributed by atoms with E-state index in [4.69, 9.17) is 0 Å². The van der Waals surface area contributed by atoms with Gasteiger partial charge in [0, 0.05) is 12.5 Å². The molecule has 0 saturated carbocycles. The van der Waals surface area contributed by atoms with Crippen LogP contribution < -0.4 is 10.6 Å². The van der Waals surface area contributed by atoms with Gasteiger partial charge in [-0.15, -0.1) is 12.4 Å². The van der Waals surface area contributed by atoms with E-state index in [1.807, 2.05) is 0 Å². The topological polar surface area (TPSA) is 41.1 Å². The van der Waals surface area contributed by atoms with Gasteiger partial charge < -0.3 is 10.6 Å². The Hall–Kier alpha value is -0.280. The number of hydrogen-bond donors (Lipinski definition) is 2. The van der Waals surface area contributed by atoms with Crippen LogP contribution in [-0.4, -0.2) is 25.0 Å². The summed E-state index contributed by atoms with van der Waals surface area (Å²) in [5.74, 6) is 1.45. The van der Waals surface area contributed by atoms with E-state index < -0.39 is 0 Å². The third-order valence-electron chi connectivity index (χ3n) is 4.43. The Bertz CT molecular complexity index is 296. The molecule has 3 nitrogen and oxygen atoms in total. The number of carbonyl (C=O) groups excluding carboxylic acids is 1. The Balaban J connectivity index is 0.00000400. The van der Waals surface area contributed by atoms with E-state index in [1.54, 1.807) is 0 Å². The molecule has 21 heavy (non-hydrogen) atoms. The van der Waals surface area contributed by atoms with Crippen molar-refractivity contribution in [1.82, 2.24) is 10.6 Å². The Morgan fingerprint density at radius 2 is 1.81 bits per heavy atom. The van der Waals surface area contributed by atoms with Crippen molar-refractivity contribution in [3.63, 3.8) is 0 Å². The largest absolute Gasteiger partial charge is 0.354 e. The highest BCUT2D eigenvalue weighted by Gasteiger charge is 2.22. The summed E-state index contributed by atoms with van der Waals surface area (Å²) in [6.07, 6.45) is 5.34. The lowest BCUT2D eigenvalue weighted by Crippen LogP contribution is -2.36. The number of halogens is 1. The first kappa shape index (κ1) is 20.7. The van der Waals surface area contributed by atoms with E-state index in [9.17, 15) is 4.79 Å². The second kappa shape index (κ2) is 9.68. The van der Waals surface area contributed by atoms with E-state index in [0.717, 1.165) is 25.9 Å². The summed E-state index contributed by atoms with van der Waals surface area (Å²) >= 11 is 0. The smallest absolute Gasteiger partial charge is 0.220 e. The maximum absolute atomic E-state index is 12.1. The van der Waals surface area contributed by atoms with E-state index in [0.29, 0.717) is 29.7 Å². The van der Waals surface area contributed by atoms with Crippen molar-refractivity contribution in [2.24, 2.45) is 17.3 Å². The maximum atomic E-state index is 12.1. The third kappa shape index (κ3) is 9.36. The Labute approximate surface area is 137 Å². The fourth-order valence-electron chi connectivity index (χ4n) is 2.93. The van der Waals surface area contributed by atoms with Gasteiger partial charge in [-0.05, 0) is 62.9 Å². The van der Waals surface area contributed by atoms with Crippen LogP contribution in [0.1, 0.15) is 66.7 Å². The monoisotopic (exact) mass is 318 g/mol. The molecule has 1 saturated heterocycles. The highest BCUT2D eigenvalue weighted by Crippen LogP contribution is 2.24. The van der Waals surface area contributed by atoms with Crippen LogP contribution in [0, 0.1) is 17.3 Å². The summed E-state index contributed by atoms with van der Waals surface area (Å²) in [4.78, 5) is 12.1. The second-order valence-electron chi connectivity index (χ2n) is 7.84. The minimum atomic E-state index is 0. The summed E-state index contributed by atoms with van der Waals surface area (Å²) < 4.78 is 0. The van der Waals surface area contributed by atoms with Crippen LogP contribution in [0.25, 0.3) is 0 Å². The standard InChI is InChI=1S/C17H34N2O.ClH/c1-13(15-7-10-18-11-8-15)12-16(20)19-14(2)6-9-17(3,4)5;/h13-15,18H,6-12H2,1-5H3,(H,19,20);1H. The number of nitrogens with one attached hydrogen (secondary N) is 2. The van der Waals surface area contributed by atoms with Crippen molar-refractivity contribution in [3.8, 4) is 0 Å². The highest BCUT2D eigenvalue weighted by molar-refractivity contribution is 5.85. The number of rotatable bonds is 6. The molecule has 1 fully saturated rings. The zero-order valence-electron chi connectivity index (χ0n) is 14.5. The van der Waals surface area contributed by atoms with E-state index in [1.165, 1.54) is 12.8 Å². The minimum absolute atomic E-state index is 0. The SMILES string of the molecule is CC(CCC(C)(C)C)NC(=O)CC(C)C1CCNCC1.Cl. The third-order valence-corrected chi connectivity index (χ3v) is 4.43. The molecule has 0 aromatic rings. The van der Waals surface area contributed by atoms with Crippen molar-refractivity contribution in [3.05, 3.63) is 0 Å². The highest BCUT2D eigenvalue weighted by atomic mass is 35.5. The van der Waals surface area contributed by atoms with Crippen molar-refractivity contribution < 1.29 is 4.79 Å². The van der Waals surface area contributed by atoms with Gasteiger partial charge in [-0.1, -0.05) is 27.7 Å². The molecule has 0 aliphatic carbocycles. The summed E-state index contributed by atoms with van der Waals surface area (Å²) in [5, 5.41) is 6.55. The molecule has 126 valence electrons. The second-order valence-corrected chi connectivity index (χ2v) is 7.84. The number of piperidine rings is 1. The van der Waals surface area contributed by atoms with E-state index in [-0.39, 0.29) is 18.3 Å². The first-order chi connectivity index (χ1) is 9.28. The molecular formula is C17H35ClN2O. The maximum Gasteiger partial charge on any atom is 0.220 e. The summed E-state index contributed by atoms with van der Waals surface area (Å²) in [7, 11) is 0. The molecule has 2 unspecified atom stereocenters. The van der Waals surface area contributed by atoms with Crippen LogP contribution in [0.2, 0.25) is 0 Å². The van der Waals surface area contributed by atoms with Crippen molar-refractivity contribution >= 4 is 18.3 Å². The van der Waals surface area contributed by atoms with Crippen molar-refractivity contribution in [2.45, 2.75) is 72.8 Å². The van der Waals surface area contributed by atoms with E-state index >= 15 is 0 Å². The first-order valence-corrected chi connectivity index (χ1v) is 8.28. The molecule has 1 aliphatic rings. The number of carbonyl (C=O) groups is 1. The van der Waals surface area contributed by atoms with Gasteiger partial charge >= 0.3 is 0 Å². The molecule has 2 atom stereocenters. The van der Waals surface area contributed by atoms with Gasteiger partial charge in [-0.3, -0.25) is 4.79 Å². The molecule has 1 aliphatic heterocycles. The summed E-state index contributed by atoms with van der Waals surface area (Å²) in [6.45, 7) is 13.3. The molecule has 2 N–H and O–H groups in total. The Morgan fingerprint density at radius 1 is 1.24 bits per heavy atom. The molecular weight excluding hydrogens is 284 g/mol. The molecule has 1 heterocycles. The molecule has 1 rings (SSSR count). The summed E-state index contributed by atoms with van der Waals surface area (Å²) in [5.41, 5.74) is 0.349. The number of hydrogen-bond acceptors (Lipinski definition) is 2. The van der Waals surface area contributed by atoms with Crippen molar-refractivity contribution in [2.75, 3.05) is 13.1 Å². The molecule has 0 radical (unpaired) electrons. The zero-order chi connectivity index (χ0) is 15.2. The molecule has 0 bridgehead atoms. The average molecular weight is 319 g/mol.